The van der Waals surface area contributed by atoms with Crippen LogP contribution in [0.3, 0.4) is 0 Å². The Bertz CT molecular complexity index is 6320. The largest absolute Gasteiger partial charge is 3.00 e. The van der Waals surface area contributed by atoms with E-state index < -0.39 is 0 Å². The molecule has 0 spiro atoms. The summed E-state index contributed by atoms with van der Waals surface area (Å²) in [5.41, 5.74) is 16.1. The molecule has 10 heteroatoms. The molecule has 504 valence electrons. The third-order valence-electron chi connectivity index (χ3n) is 20.4. The van der Waals surface area contributed by atoms with Gasteiger partial charge < -0.3 is 28.2 Å². The van der Waals surface area contributed by atoms with Gasteiger partial charge in [-0.05, 0) is 135 Å². The molecule has 21 rings (SSSR count). The molecule has 0 saturated heterocycles. The summed E-state index contributed by atoms with van der Waals surface area (Å²) in [6.07, 6.45) is 3.93. The Morgan fingerprint density at radius 2 is 0.491 bits per heavy atom. The molecule has 106 heavy (non-hydrogen) atoms. The van der Waals surface area contributed by atoms with Crippen molar-refractivity contribution in [3.8, 4) is 67.2 Å². The number of hydrogen-bond donors (Lipinski definition) is 0. The molecule has 0 aliphatic heterocycles. The molecule has 0 atom stereocenters. The Morgan fingerprint density at radius 1 is 0.274 bits per heavy atom. The van der Waals surface area contributed by atoms with E-state index in [1.807, 2.05) is 200 Å². The van der Waals surface area contributed by atoms with Gasteiger partial charge in [0, 0.05) is 32.8 Å². The summed E-state index contributed by atoms with van der Waals surface area (Å²) < 4.78 is 65.2. The van der Waals surface area contributed by atoms with Gasteiger partial charge in [0.1, 0.15) is 34.2 Å². The number of nitrogens with zero attached hydrogens (tertiary/aromatic N) is 3. The number of pyridine rings is 3. The summed E-state index contributed by atoms with van der Waals surface area (Å²) in [5.74, 6) is -1.07. The topological polar surface area (TPSA) is 78.1 Å². The predicted molar refractivity (Wildman–Crippen MR) is 423 cm³/mol. The van der Waals surface area contributed by atoms with Gasteiger partial charge in [0.05, 0.1) is 35.3 Å². The molecule has 21 aromatic rings. The standard InChI is InChI=1S/3C32H19FNO.Ir/c3*1-19-14-15-24(32-30(19)25-12-6-7-13-29(25)35-32)28-17-26(27(33)18-34-28)31-22-10-4-2-8-20(22)16-21-9-3-5-11-23(21)31;/h3*2-14,16-18H,1H3;/q3*-1;+3. The van der Waals surface area contributed by atoms with Crippen LogP contribution in [-0.4, -0.2) is 15.0 Å². The maximum absolute atomic E-state index is 15.5. The second-order valence-electron chi connectivity index (χ2n) is 26.7. The predicted octanol–water partition coefficient (Wildman–Crippen LogP) is 26.6. The fourth-order valence-electron chi connectivity index (χ4n) is 15.6. The van der Waals surface area contributed by atoms with Crippen molar-refractivity contribution in [2.75, 3.05) is 0 Å². The molecule has 0 N–H and O–H groups in total. The van der Waals surface area contributed by atoms with Crippen molar-refractivity contribution in [2.24, 2.45) is 0 Å². The number of benzene rings is 15. The average Bonchev–Trinajstić information content (AvgIpc) is 0.989. The zero-order valence-electron chi connectivity index (χ0n) is 57.2. The first-order valence-corrected chi connectivity index (χ1v) is 34.7. The van der Waals surface area contributed by atoms with Gasteiger partial charge in [0.15, 0.2) is 0 Å². The van der Waals surface area contributed by atoms with E-state index in [0.29, 0.717) is 33.8 Å². The van der Waals surface area contributed by atoms with E-state index in [9.17, 15) is 0 Å². The quantitative estimate of drug-likeness (QED) is 0.122. The van der Waals surface area contributed by atoms with Gasteiger partial charge in [-0.2, -0.15) is 0 Å². The van der Waals surface area contributed by atoms with Gasteiger partial charge in [-0.15, -0.1) is 53.1 Å². The van der Waals surface area contributed by atoms with Crippen LogP contribution >= 0.6 is 0 Å². The monoisotopic (exact) mass is 1550 g/mol. The van der Waals surface area contributed by atoms with Crippen LogP contribution in [0.15, 0.2) is 305 Å². The fourth-order valence-corrected chi connectivity index (χ4v) is 15.6. The zero-order valence-corrected chi connectivity index (χ0v) is 59.6. The Balaban J connectivity index is 0.000000112. The van der Waals surface area contributed by atoms with Crippen LogP contribution in [0.5, 0.6) is 0 Å². The molecular formula is C96H57F3IrN3O3. The minimum Gasteiger partial charge on any atom is -0.501 e. The fraction of sp³-hybridized carbons (Fsp3) is 0.0312. The Morgan fingerprint density at radius 3 is 0.736 bits per heavy atom. The molecule has 0 aliphatic rings. The van der Waals surface area contributed by atoms with Crippen LogP contribution in [0.2, 0.25) is 0 Å². The maximum atomic E-state index is 15.5. The number of halogens is 3. The molecule has 0 fully saturated rings. The van der Waals surface area contributed by atoms with E-state index in [0.717, 1.165) is 181 Å². The zero-order chi connectivity index (χ0) is 70.6. The summed E-state index contributed by atoms with van der Waals surface area (Å²) in [6, 6.07) is 101. The second kappa shape index (κ2) is 26.4. The smallest absolute Gasteiger partial charge is 0.501 e. The number of para-hydroxylation sites is 3. The van der Waals surface area contributed by atoms with Crippen LogP contribution < -0.4 is 0 Å². The molecule has 0 saturated carbocycles. The number of hydrogen-bond acceptors (Lipinski definition) is 6. The van der Waals surface area contributed by atoms with Gasteiger partial charge in [0.2, 0.25) is 0 Å². The second-order valence-corrected chi connectivity index (χ2v) is 26.7. The minimum atomic E-state index is -0.358. The number of aromatic nitrogens is 3. The molecule has 0 aliphatic carbocycles. The molecule has 0 unspecified atom stereocenters. The SMILES string of the molecule is Cc1c[c-]c(-c2cc(-c3c4ccccc4cc4ccccc34)c(F)cn2)c2oc3ccccc3c12.Cc1c[c-]c(-c2cc(-c3c4ccccc4cc4ccccc34)c(F)cn2)c2oc3ccccc3c12.Cc1c[c-]c(-c2cc(-c3c4ccccc4cc4ccccc34)c(F)cn2)c2oc3ccccc3c12.[Ir+3]. The van der Waals surface area contributed by atoms with Crippen molar-refractivity contribution in [1.29, 1.82) is 0 Å². The summed E-state index contributed by atoms with van der Waals surface area (Å²) in [4.78, 5) is 13.4. The van der Waals surface area contributed by atoms with Crippen LogP contribution in [0.25, 0.3) is 198 Å². The van der Waals surface area contributed by atoms with Gasteiger partial charge >= 0.3 is 20.1 Å². The van der Waals surface area contributed by atoms with Crippen LogP contribution in [0.4, 0.5) is 13.2 Å². The van der Waals surface area contributed by atoms with E-state index in [1.54, 1.807) is 0 Å². The van der Waals surface area contributed by atoms with E-state index in [2.05, 4.69) is 127 Å². The first-order chi connectivity index (χ1) is 51.6. The van der Waals surface area contributed by atoms with E-state index in [4.69, 9.17) is 13.3 Å². The van der Waals surface area contributed by atoms with Crippen molar-refractivity contribution in [3.63, 3.8) is 0 Å². The maximum Gasteiger partial charge on any atom is 3.00 e. The molecule has 6 nitrogen and oxygen atoms in total. The minimum absolute atomic E-state index is 0. The van der Waals surface area contributed by atoms with Gasteiger partial charge in [0.25, 0.3) is 0 Å². The van der Waals surface area contributed by atoms with Crippen LogP contribution in [-0.2, 0) is 20.1 Å². The summed E-state index contributed by atoms with van der Waals surface area (Å²) in [5, 5.41) is 18.7. The number of fused-ring (bicyclic) bond motifs is 15. The molecule has 15 aromatic carbocycles. The molecule has 6 aromatic heterocycles. The number of aryl methyl sites for hydroxylation is 3. The summed E-state index contributed by atoms with van der Waals surface area (Å²) in [6.45, 7) is 6.16. The van der Waals surface area contributed by atoms with Crippen molar-refractivity contribution >= 4 is 130 Å². The molecule has 0 radical (unpaired) electrons. The van der Waals surface area contributed by atoms with Crippen LogP contribution in [0, 0.1) is 56.4 Å². The first kappa shape index (κ1) is 65.2. The first-order valence-electron chi connectivity index (χ1n) is 34.7. The molecular weight excluding hydrogens is 1490 g/mol. The van der Waals surface area contributed by atoms with Crippen molar-refractivity contribution in [3.05, 3.63) is 344 Å². The molecule has 6 heterocycles. The number of rotatable bonds is 6. The van der Waals surface area contributed by atoms with E-state index >= 15 is 13.2 Å². The van der Waals surface area contributed by atoms with E-state index in [-0.39, 0.29) is 37.6 Å². The number of furan rings is 3. The van der Waals surface area contributed by atoms with Crippen molar-refractivity contribution in [2.45, 2.75) is 20.8 Å². The summed E-state index contributed by atoms with van der Waals surface area (Å²) in [7, 11) is 0. The Hall–Kier alpha value is -12.9. The van der Waals surface area contributed by atoms with E-state index in [1.165, 1.54) is 18.6 Å². The normalized spacial score (nSPS) is 11.6. The Labute approximate surface area is 619 Å². The molecule has 0 bridgehead atoms. The summed E-state index contributed by atoms with van der Waals surface area (Å²) >= 11 is 0. The van der Waals surface area contributed by atoms with Gasteiger partial charge in [-0.1, -0.05) is 272 Å². The van der Waals surface area contributed by atoms with Gasteiger partial charge in [-0.3, -0.25) is 0 Å². The van der Waals surface area contributed by atoms with Crippen molar-refractivity contribution < 1.29 is 46.5 Å². The Kier molecular flexibility index (Phi) is 16.3. The third-order valence-corrected chi connectivity index (χ3v) is 20.4. The third kappa shape index (κ3) is 10.9. The van der Waals surface area contributed by atoms with Gasteiger partial charge in [-0.25, -0.2) is 13.2 Å². The van der Waals surface area contributed by atoms with Crippen LogP contribution in [0.1, 0.15) is 16.7 Å². The van der Waals surface area contributed by atoms with Crippen molar-refractivity contribution in [1.82, 2.24) is 15.0 Å². The average molecular weight is 1550 g/mol. The molecule has 0 amide bonds.